The minimum Gasteiger partial charge on any atom is -0.445 e. The lowest BCUT2D eigenvalue weighted by atomic mass is 10.2. The van der Waals surface area contributed by atoms with Gasteiger partial charge < -0.3 is 4.42 Å². The van der Waals surface area contributed by atoms with E-state index in [-0.39, 0.29) is 0 Å². The van der Waals surface area contributed by atoms with Crippen LogP contribution in [-0.4, -0.2) is 4.98 Å². The van der Waals surface area contributed by atoms with Crippen LogP contribution in [0, 0.1) is 6.92 Å². The molecule has 10 heavy (non-hydrogen) atoms. The number of halogens is 1. The Bertz CT molecular complexity index is 230. The highest BCUT2D eigenvalue weighted by molar-refractivity contribution is 9.10. The molecule has 0 fully saturated rings. The molecule has 2 nitrogen and oxygen atoms in total. The summed E-state index contributed by atoms with van der Waals surface area (Å²) in [6.07, 6.45) is 0. The van der Waals surface area contributed by atoms with Crippen molar-refractivity contribution in [3.05, 3.63) is 16.3 Å². The molecule has 0 atom stereocenters. The van der Waals surface area contributed by atoms with Crippen molar-refractivity contribution in [3.63, 3.8) is 0 Å². The molecule has 0 saturated heterocycles. The minimum absolute atomic E-state index is 0.399. The molecule has 0 aliphatic rings. The summed E-state index contributed by atoms with van der Waals surface area (Å²) in [5.41, 5.74) is 0. The van der Waals surface area contributed by atoms with Gasteiger partial charge in [0.15, 0.2) is 5.89 Å². The third-order valence-electron chi connectivity index (χ3n) is 1.24. The molecule has 0 saturated carbocycles. The Labute approximate surface area is 68.8 Å². The fourth-order valence-corrected chi connectivity index (χ4v) is 1.56. The van der Waals surface area contributed by atoms with Crippen molar-refractivity contribution < 1.29 is 4.42 Å². The zero-order chi connectivity index (χ0) is 7.72. The summed E-state index contributed by atoms with van der Waals surface area (Å²) in [4.78, 5) is 4.08. The van der Waals surface area contributed by atoms with E-state index < -0.39 is 0 Å². The lowest BCUT2D eigenvalue weighted by Crippen LogP contribution is -1.83. The van der Waals surface area contributed by atoms with Crippen LogP contribution in [-0.2, 0) is 0 Å². The van der Waals surface area contributed by atoms with Crippen molar-refractivity contribution in [1.29, 1.82) is 0 Å². The smallest absolute Gasteiger partial charge is 0.192 e. The number of hydrogen-bond acceptors (Lipinski definition) is 2. The summed E-state index contributed by atoms with van der Waals surface area (Å²) < 4.78 is 6.15. The van der Waals surface area contributed by atoms with Crippen molar-refractivity contribution in [2.24, 2.45) is 0 Å². The molecule has 1 aromatic rings. The molecule has 0 radical (unpaired) electrons. The lowest BCUT2D eigenvalue weighted by molar-refractivity contribution is 0.455. The molecule has 1 rings (SSSR count). The Kier molecular flexibility index (Phi) is 2.14. The number of rotatable bonds is 1. The molecular weight excluding hydrogens is 194 g/mol. The van der Waals surface area contributed by atoms with Gasteiger partial charge in [0.2, 0.25) is 0 Å². The second-order valence-electron chi connectivity index (χ2n) is 2.54. The van der Waals surface area contributed by atoms with Crippen molar-refractivity contribution in [2.45, 2.75) is 26.7 Å². The van der Waals surface area contributed by atoms with E-state index >= 15 is 0 Å². The Morgan fingerprint density at radius 3 is 2.30 bits per heavy atom. The highest BCUT2D eigenvalue weighted by atomic mass is 79.9. The van der Waals surface area contributed by atoms with E-state index in [4.69, 9.17) is 4.42 Å². The molecule has 1 heterocycles. The predicted octanol–water partition coefficient (Wildman–Crippen LogP) is 2.87. The van der Waals surface area contributed by atoms with E-state index in [0.717, 1.165) is 16.3 Å². The summed E-state index contributed by atoms with van der Waals surface area (Å²) in [6.45, 7) is 5.99. The molecule has 0 spiro atoms. The van der Waals surface area contributed by atoms with Crippen LogP contribution in [0.2, 0.25) is 0 Å². The number of hydrogen-bond donors (Lipinski definition) is 0. The second-order valence-corrected chi connectivity index (χ2v) is 3.29. The van der Waals surface area contributed by atoms with Crippen molar-refractivity contribution in [2.75, 3.05) is 0 Å². The summed E-state index contributed by atoms with van der Waals surface area (Å²) in [6, 6.07) is 0. The molecule has 1 aromatic heterocycles. The lowest BCUT2D eigenvalue weighted by Gasteiger charge is -1.96. The number of nitrogens with zero attached hydrogens (tertiary/aromatic N) is 1. The zero-order valence-electron chi connectivity index (χ0n) is 6.31. The molecule has 56 valence electrons. The zero-order valence-corrected chi connectivity index (χ0v) is 7.90. The van der Waals surface area contributed by atoms with E-state index in [1.54, 1.807) is 0 Å². The molecule has 0 N–H and O–H groups in total. The molecule has 0 aliphatic carbocycles. The molecule has 0 bridgehead atoms. The maximum Gasteiger partial charge on any atom is 0.192 e. The fraction of sp³-hybridized carbons (Fsp3) is 0.571. The van der Waals surface area contributed by atoms with Crippen LogP contribution in [0.15, 0.2) is 9.02 Å². The Morgan fingerprint density at radius 2 is 2.10 bits per heavy atom. The fourth-order valence-electron chi connectivity index (χ4n) is 0.773. The highest BCUT2D eigenvalue weighted by Gasteiger charge is 2.10. The van der Waals surface area contributed by atoms with Crippen LogP contribution in [0.25, 0.3) is 0 Å². The Morgan fingerprint density at radius 1 is 1.50 bits per heavy atom. The summed E-state index contributed by atoms with van der Waals surface area (Å²) in [5, 5.41) is 0. The molecule has 0 amide bonds. The van der Waals surface area contributed by atoms with Gasteiger partial charge in [-0.25, -0.2) is 4.98 Å². The first-order chi connectivity index (χ1) is 4.61. The van der Waals surface area contributed by atoms with Crippen molar-refractivity contribution in [3.8, 4) is 0 Å². The average Bonchev–Trinajstić information content (AvgIpc) is 2.10. The van der Waals surface area contributed by atoms with E-state index in [1.807, 2.05) is 6.92 Å². The van der Waals surface area contributed by atoms with Crippen molar-refractivity contribution >= 4 is 15.9 Å². The van der Waals surface area contributed by atoms with Crippen LogP contribution < -0.4 is 0 Å². The third-order valence-corrected chi connectivity index (χ3v) is 1.81. The molecular formula is C7H10BrNO. The quantitative estimate of drug-likeness (QED) is 0.702. The van der Waals surface area contributed by atoms with Gasteiger partial charge >= 0.3 is 0 Å². The topological polar surface area (TPSA) is 26.0 Å². The molecule has 0 aliphatic heterocycles. The first kappa shape index (κ1) is 7.79. The predicted molar refractivity (Wildman–Crippen MR) is 43.0 cm³/mol. The van der Waals surface area contributed by atoms with E-state index in [1.165, 1.54) is 0 Å². The largest absolute Gasteiger partial charge is 0.445 e. The van der Waals surface area contributed by atoms with Gasteiger partial charge in [0.1, 0.15) is 10.4 Å². The van der Waals surface area contributed by atoms with Gasteiger partial charge in [-0.1, -0.05) is 13.8 Å². The van der Waals surface area contributed by atoms with Gasteiger partial charge in [-0.05, 0) is 15.9 Å². The van der Waals surface area contributed by atoms with Crippen LogP contribution in [0.3, 0.4) is 0 Å². The Balaban J connectivity index is 3.03. The molecule has 3 heteroatoms. The first-order valence-corrected chi connectivity index (χ1v) is 4.03. The minimum atomic E-state index is 0.399. The van der Waals surface area contributed by atoms with E-state index in [9.17, 15) is 0 Å². The summed E-state index contributed by atoms with van der Waals surface area (Å²) >= 11 is 3.31. The first-order valence-electron chi connectivity index (χ1n) is 3.24. The van der Waals surface area contributed by atoms with Gasteiger partial charge in [-0.2, -0.15) is 0 Å². The monoisotopic (exact) mass is 203 g/mol. The van der Waals surface area contributed by atoms with Gasteiger partial charge in [-0.15, -0.1) is 0 Å². The van der Waals surface area contributed by atoms with Gasteiger partial charge in [0.25, 0.3) is 0 Å². The van der Waals surface area contributed by atoms with E-state index in [0.29, 0.717) is 5.92 Å². The van der Waals surface area contributed by atoms with E-state index in [2.05, 4.69) is 34.8 Å². The molecule has 0 unspecified atom stereocenters. The highest BCUT2D eigenvalue weighted by Crippen LogP contribution is 2.24. The van der Waals surface area contributed by atoms with Crippen molar-refractivity contribution in [1.82, 2.24) is 4.98 Å². The summed E-state index contributed by atoms with van der Waals surface area (Å²) in [7, 11) is 0. The maximum absolute atomic E-state index is 5.32. The van der Waals surface area contributed by atoms with Gasteiger partial charge in [-0.3, -0.25) is 0 Å². The van der Waals surface area contributed by atoms with Gasteiger partial charge in [0.05, 0.1) is 0 Å². The maximum atomic E-state index is 5.32. The Hall–Kier alpha value is -0.310. The number of aromatic nitrogens is 1. The summed E-state index contributed by atoms with van der Waals surface area (Å²) in [5.74, 6) is 2.05. The number of oxazole rings is 1. The second kappa shape index (κ2) is 2.74. The SMILES string of the molecule is Cc1nc(Br)c(C(C)C)o1. The molecule has 0 aromatic carbocycles. The normalized spacial score (nSPS) is 10.9. The van der Waals surface area contributed by atoms with Crippen LogP contribution >= 0.6 is 15.9 Å². The van der Waals surface area contributed by atoms with Crippen LogP contribution in [0.1, 0.15) is 31.4 Å². The third kappa shape index (κ3) is 1.40. The standard InChI is InChI=1S/C7H10BrNO/c1-4(2)6-7(8)9-5(3)10-6/h4H,1-3H3. The number of aryl methyl sites for hydroxylation is 1. The van der Waals surface area contributed by atoms with Crippen LogP contribution in [0.4, 0.5) is 0 Å². The average molecular weight is 204 g/mol. The van der Waals surface area contributed by atoms with Gasteiger partial charge in [0, 0.05) is 12.8 Å². The van der Waals surface area contributed by atoms with Crippen LogP contribution in [0.5, 0.6) is 0 Å².